The van der Waals surface area contributed by atoms with Gasteiger partial charge < -0.3 is 4.57 Å². The van der Waals surface area contributed by atoms with E-state index in [1.54, 1.807) is 0 Å². The molecule has 1 N–H and O–H groups in total. The lowest BCUT2D eigenvalue weighted by atomic mass is 10.0. The highest BCUT2D eigenvalue weighted by Crippen LogP contribution is 2.31. The van der Waals surface area contributed by atoms with Gasteiger partial charge in [0.25, 0.3) is 11.5 Å². The van der Waals surface area contributed by atoms with Crippen LogP contribution in [0.1, 0.15) is 26.4 Å². The zero-order chi connectivity index (χ0) is 19.9. The van der Waals surface area contributed by atoms with E-state index in [1.807, 2.05) is 32.9 Å². The molecule has 0 saturated heterocycles. The molecule has 3 aromatic rings. The van der Waals surface area contributed by atoms with Gasteiger partial charge in [-0.1, -0.05) is 12.1 Å². The van der Waals surface area contributed by atoms with Crippen molar-refractivity contribution in [3.8, 4) is 11.3 Å². The molecule has 0 spiro atoms. The van der Waals surface area contributed by atoms with E-state index in [1.165, 1.54) is 47.3 Å². The normalized spacial score (nSPS) is 10.9. The number of thiazole rings is 1. The fourth-order valence-corrected chi connectivity index (χ4v) is 3.57. The Kier molecular flexibility index (Phi) is 4.84. The van der Waals surface area contributed by atoms with E-state index in [0.29, 0.717) is 5.13 Å². The number of hydrogen-bond acceptors (Lipinski definition) is 5. The van der Waals surface area contributed by atoms with Crippen LogP contribution in [0.2, 0.25) is 0 Å². The zero-order valence-corrected chi connectivity index (χ0v) is 16.6. The molecule has 0 saturated carbocycles. The second-order valence-electron chi connectivity index (χ2n) is 6.48. The first kappa shape index (κ1) is 18.8. The molecule has 0 atom stereocenters. The van der Waals surface area contributed by atoms with E-state index in [2.05, 4.69) is 16.4 Å². The predicted octanol–water partition coefficient (Wildman–Crippen LogP) is 2.39. The standard InChI is InChI=1S/C19H20N4O3S/c1-10-6-7-13(8-11(10)2)15-12(3)27-18(20-15)21-16(24)14-9-22(4)19(26)23(5)17(14)25/h6-9H,1-5H3,(H,20,21,24). The highest BCUT2D eigenvalue weighted by atomic mass is 32.1. The molecule has 0 radical (unpaired) electrons. The summed E-state index contributed by atoms with van der Waals surface area (Å²) in [6.45, 7) is 6.02. The monoisotopic (exact) mass is 384 g/mol. The van der Waals surface area contributed by atoms with Crippen molar-refractivity contribution in [2.75, 3.05) is 5.32 Å². The molecule has 27 heavy (non-hydrogen) atoms. The second kappa shape index (κ2) is 6.96. The molecule has 0 fully saturated rings. The smallest absolute Gasteiger partial charge is 0.303 e. The Morgan fingerprint density at radius 1 is 1.11 bits per heavy atom. The minimum absolute atomic E-state index is 0.111. The molecular weight excluding hydrogens is 364 g/mol. The summed E-state index contributed by atoms with van der Waals surface area (Å²) in [5, 5.41) is 3.07. The predicted molar refractivity (Wildman–Crippen MR) is 107 cm³/mol. The summed E-state index contributed by atoms with van der Waals surface area (Å²) < 4.78 is 2.10. The zero-order valence-electron chi connectivity index (χ0n) is 15.8. The fraction of sp³-hybridized carbons (Fsp3) is 0.263. The third-order valence-corrected chi connectivity index (χ3v) is 5.37. The van der Waals surface area contributed by atoms with Gasteiger partial charge in [-0.2, -0.15) is 0 Å². The number of amides is 1. The van der Waals surface area contributed by atoms with E-state index in [0.717, 1.165) is 20.7 Å². The number of carbonyl (C=O) groups is 1. The summed E-state index contributed by atoms with van der Waals surface area (Å²) in [5.74, 6) is -0.591. The minimum Gasteiger partial charge on any atom is -0.303 e. The lowest BCUT2D eigenvalue weighted by Gasteiger charge is -2.06. The summed E-state index contributed by atoms with van der Waals surface area (Å²) in [6, 6.07) is 6.10. The van der Waals surface area contributed by atoms with Crippen LogP contribution in [0.4, 0.5) is 5.13 Å². The van der Waals surface area contributed by atoms with Crippen molar-refractivity contribution in [1.29, 1.82) is 0 Å². The number of carbonyl (C=O) groups excluding carboxylic acids is 1. The second-order valence-corrected chi connectivity index (χ2v) is 7.68. The summed E-state index contributed by atoms with van der Waals surface area (Å²) in [5.41, 5.74) is 2.90. The van der Waals surface area contributed by atoms with E-state index >= 15 is 0 Å². The molecule has 0 aliphatic rings. The maximum atomic E-state index is 12.5. The lowest BCUT2D eigenvalue weighted by molar-refractivity contribution is 0.102. The number of aryl methyl sites for hydroxylation is 4. The van der Waals surface area contributed by atoms with Gasteiger partial charge in [-0.25, -0.2) is 9.78 Å². The SMILES string of the molecule is Cc1ccc(-c2nc(NC(=O)c3cn(C)c(=O)n(C)c3=O)sc2C)cc1C. The maximum Gasteiger partial charge on any atom is 0.330 e. The summed E-state index contributed by atoms with van der Waals surface area (Å²) >= 11 is 1.34. The number of nitrogens with one attached hydrogen (secondary N) is 1. The molecular formula is C19H20N4O3S. The van der Waals surface area contributed by atoms with Crippen molar-refractivity contribution in [2.45, 2.75) is 20.8 Å². The highest BCUT2D eigenvalue weighted by molar-refractivity contribution is 7.16. The van der Waals surface area contributed by atoms with Gasteiger partial charge >= 0.3 is 5.69 Å². The van der Waals surface area contributed by atoms with Crippen molar-refractivity contribution in [3.05, 3.63) is 66.8 Å². The van der Waals surface area contributed by atoms with Crippen LogP contribution < -0.4 is 16.6 Å². The van der Waals surface area contributed by atoms with Crippen LogP contribution in [0.5, 0.6) is 0 Å². The highest BCUT2D eigenvalue weighted by Gasteiger charge is 2.18. The largest absolute Gasteiger partial charge is 0.330 e. The van der Waals surface area contributed by atoms with Crippen LogP contribution in [-0.2, 0) is 14.1 Å². The first-order valence-corrected chi connectivity index (χ1v) is 9.13. The van der Waals surface area contributed by atoms with Gasteiger partial charge in [-0.05, 0) is 38.0 Å². The molecule has 0 bridgehead atoms. The van der Waals surface area contributed by atoms with Crippen molar-refractivity contribution in [2.24, 2.45) is 14.1 Å². The molecule has 7 nitrogen and oxygen atoms in total. The molecule has 3 rings (SSSR count). The van der Waals surface area contributed by atoms with Gasteiger partial charge in [0.1, 0.15) is 5.56 Å². The summed E-state index contributed by atoms with van der Waals surface area (Å²) in [6.07, 6.45) is 1.24. The van der Waals surface area contributed by atoms with Gasteiger partial charge in [0.2, 0.25) is 0 Å². The molecule has 1 aromatic carbocycles. The van der Waals surface area contributed by atoms with Crippen molar-refractivity contribution in [3.63, 3.8) is 0 Å². The van der Waals surface area contributed by atoms with Gasteiger partial charge in [0.05, 0.1) is 5.69 Å². The number of nitrogens with zero attached hydrogens (tertiary/aromatic N) is 3. The van der Waals surface area contributed by atoms with Gasteiger partial charge in [-0.3, -0.25) is 19.5 Å². The van der Waals surface area contributed by atoms with Crippen molar-refractivity contribution < 1.29 is 4.79 Å². The minimum atomic E-state index is -0.640. The molecule has 1 amide bonds. The first-order chi connectivity index (χ1) is 12.7. The Balaban J connectivity index is 1.94. The number of hydrogen-bond donors (Lipinski definition) is 1. The van der Waals surface area contributed by atoms with E-state index < -0.39 is 17.2 Å². The number of rotatable bonds is 3. The Morgan fingerprint density at radius 3 is 2.48 bits per heavy atom. The van der Waals surface area contributed by atoms with Crippen molar-refractivity contribution >= 4 is 22.4 Å². The average molecular weight is 384 g/mol. The fourth-order valence-electron chi connectivity index (χ4n) is 2.73. The van der Waals surface area contributed by atoms with E-state index in [4.69, 9.17) is 0 Å². The van der Waals surface area contributed by atoms with Crippen LogP contribution in [0.3, 0.4) is 0 Å². The average Bonchev–Trinajstić information content (AvgIpc) is 2.98. The Morgan fingerprint density at radius 2 is 1.81 bits per heavy atom. The molecule has 0 unspecified atom stereocenters. The number of anilines is 1. The topological polar surface area (TPSA) is 86.0 Å². The number of aromatic nitrogens is 3. The quantitative estimate of drug-likeness (QED) is 0.751. The van der Waals surface area contributed by atoms with Crippen LogP contribution in [0.15, 0.2) is 34.0 Å². The van der Waals surface area contributed by atoms with Crippen LogP contribution >= 0.6 is 11.3 Å². The third kappa shape index (κ3) is 3.48. The molecule has 0 aliphatic heterocycles. The Labute approximate surface area is 159 Å². The van der Waals surface area contributed by atoms with Crippen LogP contribution in [-0.4, -0.2) is 20.0 Å². The molecule has 8 heteroatoms. The van der Waals surface area contributed by atoms with Crippen molar-refractivity contribution in [1.82, 2.24) is 14.1 Å². The summed E-state index contributed by atoms with van der Waals surface area (Å²) in [4.78, 5) is 42.0. The Bertz CT molecular complexity index is 1170. The molecule has 140 valence electrons. The van der Waals surface area contributed by atoms with Gasteiger partial charge in [0, 0.05) is 30.7 Å². The summed E-state index contributed by atoms with van der Waals surface area (Å²) in [7, 11) is 2.83. The maximum absolute atomic E-state index is 12.5. The van der Waals surface area contributed by atoms with Crippen LogP contribution in [0, 0.1) is 20.8 Å². The molecule has 2 aromatic heterocycles. The van der Waals surface area contributed by atoms with Crippen LogP contribution in [0.25, 0.3) is 11.3 Å². The van der Waals surface area contributed by atoms with E-state index in [-0.39, 0.29) is 5.56 Å². The molecule has 2 heterocycles. The third-order valence-electron chi connectivity index (χ3n) is 4.49. The van der Waals surface area contributed by atoms with Gasteiger partial charge in [0.15, 0.2) is 5.13 Å². The lowest BCUT2D eigenvalue weighted by Crippen LogP contribution is -2.40. The first-order valence-electron chi connectivity index (χ1n) is 8.32. The number of benzene rings is 1. The van der Waals surface area contributed by atoms with E-state index in [9.17, 15) is 14.4 Å². The Hall–Kier alpha value is -3.00. The molecule has 0 aliphatic carbocycles. The van der Waals surface area contributed by atoms with Gasteiger partial charge in [-0.15, -0.1) is 11.3 Å².